The van der Waals surface area contributed by atoms with E-state index in [0.29, 0.717) is 17.8 Å². The SMILES string of the molecule is COc1ccc2c(c1)C[C@]13C=CC(=O)C=C1CC[C@@H]1C3CC[C@@]3(C)[C@H]1CC[C@]3(O)C#C2. The highest BCUT2D eigenvalue weighted by molar-refractivity contribution is 6.01. The van der Waals surface area contributed by atoms with Crippen molar-refractivity contribution in [2.75, 3.05) is 7.11 Å². The maximum absolute atomic E-state index is 12.3. The Balaban J connectivity index is 1.62. The number of allylic oxidation sites excluding steroid dienone is 4. The third-order valence-corrected chi connectivity index (χ3v) is 9.66. The molecular weight excluding hydrogens is 384 g/mol. The molecular formula is C28H30O3. The Morgan fingerprint density at radius 2 is 2.00 bits per heavy atom. The lowest BCUT2D eigenvalue weighted by Gasteiger charge is -2.58. The van der Waals surface area contributed by atoms with E-state index in [0.717, 1.165) is 61.8 Å². The normalized spacial score (nSPS) is 42.0. The predicted octanol–water partition coefficient (Wildman–Crippen LogP) is 4.62. The van der Waals surface area contributed by atoms with Gasteiger partial charge in [0.25, 0.3) is 0 Å². The maximum atomic E-state index is 12.3. The van der Waals surface area contributed by atoms with Crippen molar-refractivity contribution in [1.82, 2.24) is 0 Å². The van der Waals surface area contributed by atoms with E-state index in [2.05, 4.69) is 30.9 Å². The Hall–Kier alpha value is -2.31. The summed E-state index contributed by atoms with van der Waals surface area (Å²) in [5, 5.41) is 11.8. The van der Waals surface area contributed by atoms with Gasteiger partial charge in [-0.1, -0.05) is 30.4 Å². The van der Waals surface area contributed by atoms with Gasteiger partial charge in [0.15, 0.2) is 5.78 Å². The summed E-state index contributed by atoms with van der Waals surface area (Å²) in [6, 6.07) is 6.11. The summed E-state index contributed by atoms with van der Waals surface area (Å²) in [7, 11) is 1.70. The maximum Gasteiger partial charge on any atom is 0.178 e. The summed E-state index contributed by atoms with van der Waals surface area (Å²) in [6.45, 7) is 2.29. The van der Waals surface area contributed by atoms with Gasteiger partial charge in [-0.25, -0.2) is 0 Å². The van der Waals surface area contributed by atoms with E-state index in [4.69, 9.17) is 4.74 Å². The van der Waals surface area contributed by atoms with Gasteiger partial charge >= 0.3 is 0 Å². The van der Waals surface area contributed by atoms with Crippen molar-refractivity contribution in [2.45, 2.75) is 57.5 Å². The molecule has 1 N–H and O–H groups in total. The standard InChI is InChI=1S/C28H30O3/c1-26-11-9-25-23-6-4-20-16-21(29)8-12-27(20,25)17-19-15-22(31-2)5-3-18(19)7-13-28(26,30)14-10-24(23)26/h3,5,8,12,15-16,23-25,30H,4,6,9-11,14,17H2,1-2H3/t23-,24-,25?,26-,27+,28+/m0/s1. The van der Waals surface area contributed by atoms with Crippen LogP contribution >= 0.6 is 0 Å². The largest absolute Gasteiger partial charge is 0.497 e. The van der Waals surface area contributed by atoms with Gasteiger partial charge in [0.1, 0.15) is 11.4 Å². The Bertz CT molecular complexity index is 1100. The molecule has 3 nitrogen and oxygen atoms in total. The highest BCUT2D eigenvalue weighted by Gasteiger charge is 2.64. The Labute approximate surface area is 184 Å². The lowest BCUT2D eigenvalue weighted by molar-refractivity contribution is -0.111. The minimum absolute atomic E-state index is 0.120. The topological polar surface area (TPSA) is 46.5 Å². The zero-order chi connectivity index (χ0) is 21.4. The number of methoxy groups -OCH3 is 1. The van der Waals surface area contributed by atoms with Crippen LogP contribution in [0.25, 0.3) is 0 Å². The van der Waals surface area contributed by atoms with Gasteiger partial charge < -0.3 is 9.84 Å². The average Bonchev–Trinajstić information content (AvgIpc) is 3.03. The second kappa shape index (κ2) is 6.36. The van der Waals surface area contributed by atoms with Gasteiger partial charge in [0, 0.05) is 16.4 Å². The van der Waals surface area contributed by atoms with Crippen LogP contribution < -0.4 is 4.74 Å². The van der Waals surface area contributed by atoms with Crippen LogP contribution in [-0.4, -0.2) is 23.6 Å². The molecule has 1 aromatic carbocycles. The molecule has 7 rings (SSSR count). The van der Waals surface area contributed by atoms with Gasteiger partial charge in [-0.15, -0.1) is 0 Å². The zero-order valence-corrected chi connectivity index (χ0v) is 18.4. The van der Waals surface area contributed by atoms with Gasteiger partial charge in [-0.05, 0) is 98.6 Å². The minimum atomic E-state index is -0.925. The molecule has 31 heavy (non-hydrogen) atoms. The van der Waals surface area contributed by atoms with Crippen LogP contribution in [0.1, 0.15) is 56.6 Å². The number of benzene rings is 1. The highest BCUT2D eigenvalue weighted by Crippen LogP contribution is 2.67. The molecule has 6 aliphatic rings. The molecule has 0 radical (unpaired) electrons. The van der Waals surface area contributed by atoms with Crippen molar-refractivity contribution in [3.63, 3.8) is 0 Å². The summed E-state index contributed by atoms with van der Waals surface area (Å²) >= 11 is 0. The molecule has 0 aromatic heterocycles. The molecule has 0 saturated heterocycles. The first-order chi connectivity index (χ1) is 14.9. The Morgan fingerprint density at radius 3 is 2.84 bits per heavy atom. The number of ether oxygens (including phenoxy) is 1. The molecule has 6 atom stereocenters. The molecule has 1 spiro atoms. The van der Waals surface area contributed by atoms with Crippen LogP contribution in [0.3, 0.4) is 0 Å². The van der Waals surface area contributed by atoms with Crippen LogP contribution in [0.2, 0.25) is 0 Å². The molecule has 1 aromatic rings. The quantitative estimate of drug-likeness (QED) is 0.682. The fourth-order valence-corrected chi connectivity index (χ4v) is 7.99. The van der Waals surface area contributed by atoms with E-state index in [1.54, 1.807) is 13.2 Å². The van der Waals surface area contributed by atoms with E-state index < -0.39 is 5.60 Å². The number of aliphatic hydroxyl groups is 1. The minimum Gasteiger partial charge on any atom is -0.497 e. The lowest BCUT2D eigenvalue weighted by atomic mass is 9.46. The van der Waals surface area contributed by atoms with E-state index in [1.165, 1.54) is 5.57 Å². The lowest BCUT2D eigenvalue weighted by Crippen LogP contribution is -2.54. The van der Waals surface area contributed by atoms with E-state index in [1.807, 2.05) is 18.2 Å². The molecule has 0 amide bonds. The summed E-state index contributed by atoms with van der Waals surface area (Å²) in [5.41, 5.74) is 2.22. The first-order valence-corrected chi connectivity index (χ1v) is 11.8. The fourth-order valence-electron chi connectivity index (χ4n) is 7.99. The number of carbonyl (C=O) groups excluding carboxylic acids is 1. The van der Waals surface area contributed by atoms with E-state index in [9.17, 15) is 9.90 Å². The van der Waals surface area contributed by atoms with Crippen molar-refractivity contribution in [3.05, 3.63) is 53.1 Å². The number of ketones is 1. The molecule has 6 aliphatic carbocycles. The smallest absolute Gasteiger partial charge is 0.178 e. The van der Waals surface area contributed by atoms with Crippen LogP contribution in [-0.2, 0) is 11.2 Å². The summed E-state index contributed by atoms with van der Waals surface area (Å²) in [5.74, 6) is 9.29. The van der Waals surface area contributed by atoms with Gasteiger partial charge in [-0.3, -0.25) is 4.79 Å². The molecule has 1 unspecified atom stereocenters. The van der Waals surface area contributed by atoms with Crippen molar-refractivity contribution in [1.29, 1.82) is 0 Å². The molecule has 3 saturated carbocycles. The van der Waals surface area contributed by atoms with Crippen LogP contribution in [0.4, 0.5) is 0 Å². The number of carbonyl (C=O) groups is 1. The second-order valence-electron chi connectivity index (χ2n) is 10.7. The zero-order valence-electron chi connectivity index (χ0n) is 18.4. The van der Waals surface area contributed by atoms with Crippen molar-refractivity contribution in [2.24, 2.45) is 28.6 Å². The van der Waals surface area contributed by atoms with Gasteiger partial charge in [0.2, 0.25) is 0 Å². The summed E-state index contributed by atoms with van der Waals surface area (Å²) in [6.07, 6.45) is 12.8. The molecule has 3 fully saturated rings. The van der Waals surface area contributed by atoms with Crippen LogP contribution in [0.15, 0.2) is 42.0 Å². The average molecular weight is 415 g/mol. The number of fused-ring (bicyclic) bond motifs is 1. The van der Waals surface area contributed by atoms with Crippen molar-refractivity contribution >= 4 is 5.78 Å². The Kier molecular flexibility index (Phi) is 3.98. The third kappa shape index (κ3) is 2.49. The predicted molar refractivity (Wildman–Crippen MR) is 119 cm³/mol. The monoisotopic (exact) mass is 414 g/mol. The summed E-state index contributed by atoms with van der Waals surface area (Å²) in [4.78, 5) is 12.3. The molecule has 3 heteroatoms. The number of hydrogen-bond acceptors (Lipinski definition) is 3. The van der Waals surface area contributed by atoms with Gasteiger partial charge in [-0.2, -0.15) is 0 Å². The number of hydrogen-bond donors (Lipinski definition) is 1. The second-order valence-corrected chi connectivity index (χ2v) is 10.7. The fraction of sp³-hybridized carbons (Fsp3) is 0.536. The van der Waals surface area contributed by atoms with Crippen molar-refractivity contribution in [3.8, 4) is 17.6 Å². The highest BCUT2D eigenvalue weighted by atomic mass is 16.5. The van der Waals surface area contributed by atoms with Crippen molar-refractivity contribution < 1.29 is 14.6 Å². The first-order valence-electron chi connectivity index (χ1n) is 11.8. The molecule has 0 aliphatic heterocycles. The third-order valence-electron chi connectivity index (χ3n) is 9.66. The van der Waals surface area contributed by atoms with Crippen LogP contribution in [0.5, 0.6) is 5.75 Å². The van der Waals surface area contributed by atoms with E-state index >= 15 is 0 Å². The van der Waals surface area contributed by atoms with E-state index in [-0.39, 0.29) is 16.6 Å². The Morgan fingerprint density at radius 1 is 1.16 bits per heavy atom. The first kappa shape index (κ1) is 19.4. The molecule has 6 bridgehead atoms. The summed E-state index contributed by atoms with van der Waals surface area (Å²) < 4.78 is 5.55. The molecule has 160 valence electrons. The van der Waals surface area contributed by atoms with Gasteiger partial charge in [0.05, 0.1) is 7.11 Å². The molecule has 0 heterocycles. The van der Waals surface area contributed by atoms with Crippen LogP contribution in [0, 0.1) is 40.4 Å². The number of rotatable bonds is 1.